The number of anilines is 1. The third-order valence-electron chi connectivity index (χ3n) is 6.72. The van der Waals surface area contributed by atoms with Gasteiger partial charge in [-0.2, -0.15) is 0 Å². The molecule has 1 amide bonds. The van der Waals surface area contributed by atoms with E-state index in [0.717, 1.165) is 69.9 Å². The van der Waals surface area contributed by atoms with Gasteiger partial charge in [-0.1, -0.05) is 42.5 Å². The van der Waals surface area contributed by atoms with Crippen molar-refractivity contribution < 1.29 is 4.79 Å². The standard InChI is InChI=1S/C26H35N5O/c1-29(2)26-27-18-22(19-28-26)20-30-15-12-23(13-16-30)24-10-6-7-14-31(25(24)32)17-11-21-8-4-3-5-9-21/h3-9,18-19,23-24H,10-17,20H2,1-2H3. The smallest absolute Gasteiger partial charge is 0.226 e. The third kappa shape index (κ3) is 5.74. The molecule has 170 valence electrons. The Kier molecular flexibility index (Phi) is 7.53. The Morgan fingerprint density at radius 1 is 1.00 bits per heavy atom. The van der Waals surface area contributed by atoms with Gasteiger partial charge in [-0.05, 0) is 50.3 Å². The van der Waals surface area contributed by atoms with Crippen LogP contribution in [0.3, 0.4) is 0 Å². The molecule has 1 fully saturated rings. The average Bonchev–Trinajstić information content (AvgIpc) is 3.00. The normalized spacial score (nSPS) is 20.4. The number of benzene rings is 1. The summed E-state index contributed by atoms with van der Waals surface area (Å²) in [5.74, 6) is 1.67. The molecule has 0 aliphatic carbocycles. The van der Waals surface area contributed by atoms with Gasteiger partial charge in [-0.3, -0.25) is 9.69 Å². The van der Waals surface area contributed by atoms with Crippen LogP contribution < -0.4 is 4.90 Å². The number of piperidine rings is 1. The van der Waals surface area contributed by atoms with Crippen molar-refractivity contribution in [2.75, 3.05) is 45.2 Å². The third-order valence-corrected chi connectivity index (χ3v) is 6.72. The largest absolute Gasteiger partial charge is 0.347 e. The number of hydrogen-bond acceptors (Lipinski definition) is 5. The van der Waals surface area contributed by atoms with Gasteiger partial charge in [0.25, 0.3) is 0 Å². The first-order chi connectivity index (χ1) is 15.6. The van der Waals surface area contributed by atoms with E-state index in [4.69, 9.17) is 0 Å². The quantitative estimate of drug-likeness (QED) is 0.627. The number of amides is 1. The van der Waals surface area contributed by atoms with Crippen LogP contribution in [0.4, 0.5) is 5.95 Å². The topological polar surface area (TPSA) is 52.6 Å². The van der Waals surface area contributed by atoms with E-state index in [0.29, 0.717) is 11.8 Å². The molecule has 0 radical (unpaired) electrons. The molecule has 1 saturated heterocycles. The molecule has 0 spiro atoms. The summed E-state index contributed by atoms with van der Waals surface area (Å²) in [4.78, 5) is 28.7. The van der Waals surface area contributed by atoms with Gasteiger partial charge in [0.15, 0.2) is 0 Å². The summed E-state index contributed by atoms with van der Waals surface area (Å²) < 4.78 is 0. The highest BCUT2D eigenvalue weighted by Gasteiger charge is 2.34. The first kappa shape index (κ1) is 22.5. The van der Waals surface area contributed by atoms with Crippen LogP contribution >= 0.6 is 0 Å². The fourth-order valence-corrected chi connectivity index (χ4v) is 4.81. The molecule has 0 bridgehead atoms. The van der Waals surface area contributed by atoms with E-state index in [-0.39, 0.29) is 5.92 Å². The second-order valence-corrected chi connectivity index (χ2v) is 9.23. The van der Waals surface area contributed by atoms with Gasteiger partial charge in [-0.15, -0.1) is 0 Å². The van der Waals surface area contributed by atoms with Crippen LogP contribution in [0.1, 0.15) is 30.4 Å². The van der Waals surface area contributed by atoms with Crippen molar-refractivity contribution in [3.63, 3.8) is 0 Å². The fourth-order valence-electron chi connectivity index (χ4n) is 4.81. The monoisotopic (exact) mass is 433 g/mol. The van der Waals surface area contributed by atoms with Crippen molar-refractivity contribution in [1.82, 2.24) is 19.8 Å². The van der Waals surface area contributed by atoms with E-state index in [9.17, 15) is 4.79 Å². The Hall–Kier alpha value is -2.73. The SMILES string of the molecule is CN(C)c1ncc(CN2CCC(C3CC=CCN(CCc4ccccc4)C3=O)CC2)cn1. The predicted molar refractivity (Wildman–Crippen MR) is 128 cm³/mol. The zero-order chi connectivity index (χ0) is 22.3. The maximum absolute atomic E-state index is 13.4. The van der Waals surface area contributed by atoms with Gasteiger partial charge in [-0.25, -0.2) is 9.97 Å². The second-order valence-electron chi connectivity index (χ2n) is 9.23. The lowest BCUT2D eigenvalue weighted by atomic mass is 9.81. The van der Waals surface area contributed by atoms with Crippen LogP contribution in [0.5, 0.6) is 0 Å². The van der Waals surface area contributed by atoms with Gasteiger partial charge in [0.2, 0.25) is 11.9 Å². The summed E-state index contributed by atoms with van der Waals surface area (Å²) in [5, 5.41) is 0. The van der Waals surface area contributed by atoms with Crippen molar-refractivity contribution in [3.05, 3.63) is 66.0 Å². The molecule has 32 heavy (non-hydrogen) atoms. The molecule has 1 unspecified atom stereocenters. The minimum atomic E-state index is 0.120. The number of hydrogen-bond donors (Lipinski definition) is 0. The summed E-state index contributed by atoms with van der Waals surface area (Å²) in [6.07, 6.45) is 12.2. The predicted octanol–water partition coefficient (Wildman–Crippen LogP) is 3.40. The summed E-state index contributed by atoms with van der Waals surface area (Å²) in [5.41, 5.74) is 2.44. The van der Waals surface area contributed by atoms with Gasteiger partial charge in [0.1, 0.15) is 0 Å². The maximum atomic E-state index is 13.4. The molecule has 2 aromatic rings. The molecular formula is C26H35N5O. The van der Waals surface area contributed by atoms with Gasteiger partial charge in [0.05, 0.1) is 0 Å². The average molecular weight is 434 g/mol. The molecule has 6 nitrogen and oxygen atoms in total. The number of nitrogens with zero attached hydrogens (tertiary/aromatic N) is 5. The van der Waals surface area contributed by atoms with E-state index < -0.39 is 0 Å². The van der Waals surface area contributed by atoms with E-state index >= 15 is 0 Å². The van der Waals surface area contributed by atoms with Crippen molar-refractivity contribution >= 4 is 11.9 Å². The lowest BCUT2D eigenvalue weighted by Crippen LogP contribution is -2.43. The first-order valence-corrected chi connectivity index (χ1v) is 11.8. The molecule has 3 heterocycles. The number of rotatable bonds is 7. The van der Waals surface area contributed by atoms with Crippen molar-refractivity contribution in [3.8, 4) is 0 Å². The van der Waals surface area contributed by atoms with Crippen molar-refractivity contribution in [2.45, 2.75) is 32.2 Å². The molecule has 0 saturated carbocycles. The zero-order valence-electron chi connectivity index (χ0n) is 19.4. The zero-order valence-corrected chi connectivity index (χ0v) is 19.4. The second kappa shape index (κ2) is 10.7. The van der Waals surface area contributed by atoms with Crippen LogP contribution in [0.2, 0.25) is 0 Å². The van der Waals surface area contributed by atoms with Crippen molar-refractivity contribution in [2.24, 2.45) is 11.8 Å². The van der Waals surface area contributed by atoms with Crippen LogP contribution in [0, 0.1) is 11.8 Å². The molecular weight excluding hydrogens is 398 g/mol. The Labute approximate surface area is 192 Å². The molecule has 2 aliphatic heterocycles. The van der Waals surface area contributed by atoms with Gasteiger partial charge in [0, 0.05) is 57.6 Å². The van der Waals surface area contributed by atoms with E-state index in [1.807, 2.05) is 37.5 Å². The summed E-state index contributed by atoms with van der Waals surface area (Å²) >= 11 is 0. The Bertz CT molecular complexity index is 888. The Morgan fingerprint density at radius 3 is 2.41 bits per heavy atom. The number of carbonyl (C=O) groups is 1. The Morgan fingerprint density at radius 2 is 1.72 bits per heavy atom. The molecule has 0 N–H and O–H groups in total. The van der Waals surface area contributed by atoms with Crippen LogP contribution in [0.25, 0.3) is 0 Å². The number of allylic oxidation sites excluding steroid dienone is 1. The number of likely N-dealkylation sites (tertiary alicyclic amines) is 1. The summed E-state index contributed by atoms with van der Waals surface area (Å²) in [7, 11) is 3.90. The molecule has 2 aliphatic rings. The fraction of sp³-hybridized carbons (Fsp3) is 0.500. The lowest BCUT2D eigenvalue weighted by Gasteiger charge is -2.36. The highest BCUT2D eigenvalue weighted by Crippen LogP contribution is 2.31. The maximum Gasteiger partial charge on any atom is 0.226 e. The minimum Gasteiger partial charge on any atom is -0.347 e. The van der Waals surface area contributed by atoms with E-state index in [1.165, 1.54) is 5.56 Å². The molecule has 4 rings (SSSR count). The van der Waals surface area contributed by atoms with Gasteiger partial charge < -0.3 is 9.80 Å². The molecule has 6 heteroatoms. The highest BCUT2D eigenvalue weighted by atomic mass is 16.2. The van der Waals surface area contributed by atoms with Gasteiger partial charge >= 0.3 is 0 Å². The summed E-state index contributed by atoms with van der Waals surface area (Å²) in [6, 6.07) is 10.5. The van der Waals surface area contributed by atoms with Crippen LogP contribution in [0.15, 0.2) is 54.9 Å². The van der Waals surface area contributed by atoms with Crippen molar-refractivity contribution in [1.29, 1.82) is 0 Å². The van der Waals surface area contributed by atoms with E-state index in [1.54, 1.807) is 0 Å². The number of aromatic nitrogens is 2. The number of carbonyl (C=O) groups excluding carboxylic acids is 1. The minimum absolute atomic E-state index is 0.120. The van der Waals surface area contributed by atoms with E-state index in [2.05, 4.69) is 56.2 Å². The molecule has 1 atom stereocenters. The highest BCUT2D eigenvalue weighted by molar-refractivity contribution is 5.80. The summed E-state index contributed by atoms with van der Waals surface area (Å²) in [6.45, 7) is 4.47. The lowest BCUT2D eigenvalue weighted by molar-refractivity contribution is -0.137. The Balaban J connectivity index is 1.29. The first-order valence-electron chi connectivity index (χ1n) is 11.8. The van der Waals surface area contributed by atoms with Crippen LogP contribution in [-0.2, 0) is 17.8 Å². The molecule has 1 aromatic heterocycles. The molecule has 1 aromatic carbocycles. The van der Waals surface area contributed by atoms with Crippen LogP contribution in [-0.4, -0.2) is 65.9 Å².